The molecule has 4 aromatic rings. The molecule has 3 aromatic carbocycles. The molecular weight excluding hydrogens is 402 g/mol. The average molecular weight is 440 g/mol. The van der Waals surface area contributed by atoms with Gasteiger partial charge in [0.1, 0.15) is 0 Å². The second kappa shape index (κ2) is 9.74. The van der Waals surface area contributed by atoms with Crippen LogP contribution in [0.2, 0.25) is 0 Å². The van der Waals surface area contributed by atoms with Crippen LogP contribution in [0.15, 0.2) is 72.8 Å². The van der Waals surface area contributed by atoms with Gasteiger partial charge >= 0.3 is 0 Å². The number of hydrogen-bond donors (Lipinski definition) is 3. The maximum Gasteiger partial charge on any atom is 0.0458 e. The monoisotopic (exact) mass is 439 g/mol. The van der Waals surface area contributed by atoms with E-state index in [1.165, 1.54) is 44.7 Å². The Morgan fingerprint density at radius 2 is 1.03 bits per heavy atom. The number of hydrogen-bond acceptors (Lipinski definition) is 2. The number of H-pyrrole nitrogens is 1. The summed E-state index contributed by atoms with van der Waals surface area (Å²) >= 11 is 0. The summed E-state index contributed by atoms with van der Waals surface area (Å²) < 4.78 is 0. The van der Waals surface area contributed by atoms with Crippen molar-refractivity contribution in [3.63, 3.8) is 0 Å². The fourth-order valence-corrected chi connectivity index (χ4v) is 4.75. The van der Waals surface area contributed by atoms with Crippen LogP contribution in [0.4, 0.5) is 11.4 Å². The first kappa shape index (κ1) is 23.0. The molecule has 3 nitrogen and oxygen atoms in total. The highest BCUT2D eigenvalue weighted by molar-refractivity contribution is 5.84. The van der Waals surface area contributed by atoms with E-state index in [2.05, 4.69) is 130 Å². The van der Waals surface area contributed by atoms with Gasteiger partial charge < -0.3 is 15.6 Å². The number of para-hydroxylation sites is 3. The van der Waals surface area contributed by atoms with Crippen LogP contribution in [0.1, 0.15) is 61.9 Å². The summed E-state index contributed by atoms with van der Waals surface area (Å²) in [4.78, 5) is 3.33. The highest BCUT2D eigenvalue weighted by atomic mass is 15.0. The molecule has 3 N–H and O–H groups in total. The molecule has 0 amide bonds. The lowest BCUT2D eigenvalue weighted by atomic mass is 9.99. The van der Waals surface area contributed by atoms with Crippen molar-refractivity contribution in [2.75, 3.05) is 10.6 Å². The topological polar surface area (TPSA) is 39.8 Å². The molecule has 0 bridgehead atoms. The van der Waals surface area contributed by atoms with Crippen LogP contribution in [0.5, 0.6) is 0 Å². The second-order valence-corrected chi connectivity index (χ2v) is 9.54. The molecule has 6 rings (SSSR count). The Labute approximate surface area is 198 Å². The molecule has 2 aliphatic rings. The Hall–Kier alpha value is -3.20. The van der Waals surface area contributed by atoms with E-state index in [0.29, 0.717) is 23.9 Å². The van der Waals surface area contributed by atoms with Gasteiger partial charge in [-0.2, -0.15) is 0 Å². The number of anilines is 2. The minimum absolute atomic E-state index is 0.590. The zero-order valence-corrected chi connectivity index (χ0v) is 20.7. The van der Waals surface area contributed by atoms with Crippen LogP contribution < -0.4 is 10.6 Å². The Morgan fingerprint density at radius 3 is 1.52 bits per heavy atom. The summed E-state index contributed by atoms with van der Waals surface area (Å²) in [5, 5.41) is 8.23. The predicted molar refractivity (Wildman–Crippen MR) is 144 cm³/mol. The smallest absolute Gasteiger partial charge is 0.0458 e. The first-order chi connectivity index (χ1) is 15.9. The lowest BCUT2D eigenvalue weighted by molar-refractivity contribution is 0.690. The minimum atomic E-state index is 0.590. The molecule has 3 heterocycles. The Balaban J connectivity index is 0.000000118. The normalized spacial score (nSPS) is 22.1. The first-order valence-electron chi connectivity index (χ1n) is 12.1. The van der Waals surface area contributed by atoms with Gasteiger partial charge in [0, 0.05) is 51.9 Å². The molecule has 0 aliphatic carbocycles. The van der Waals surface area contributed by atoms with E-state index in [-0.39, 0.29) is 0 Å². The molecule has 3 heteroatoms. The van der Waals surface area contributed by atoms with E-state index < -0.39 is 0 Å². The van der Waals surface area contributed by atoms with Crippen LogP contribution in [0.25, 0.3) is 10.9 Å². The Kier molecular flexibility index (Phi) is 6.78. The van der Waals surface area contributed by atoms with Gasteiger partial charge in [0.05, 0.1) is 0 Å². The van der Waals surface area contributed by atoms with E-state index >= 15 is 0 Å². The highest BCUT2D eigenvalue weighted by Crippen LogP contribution is 2.35. The molecule has 2 aliphatic heterocycles. The van der Waals surface area contributed by atoms with Crippen LogP contribution in [-0.2, 0) is 0 Å². The standard InChI is InChI=1S/2C10H13N.C10H11N/c3*1-7-8(2)11-10-6-4-3-5-9(7)10/h2*3-8,11H,1-2H3;3-6,11H,1-2H3/t2*7?,8-;/m11./s1. The van der Waals surface area contributed by atoms with Gasteiger partial charge in [0.25, 0.3) is 0 Å². The number of aryl methyl sites for hydroxylation is 2. The zero-order chi connectivity index (χ0) is 23.5. The molecule has 0 saturated heterocycles. The number of aromatic amines is 1. The van der Waals surface area contributed by atoms with Crippen molar-refractivity contribution in [3.8, 4) is 0 Å². The molecule has 33 heavy (non-hydrogen) atoms. The summed E-state index contributed by atoms with van der Waals surface area (Å²) in [5.41, 5.74) is 9.41. The van der Waals surface area contributed by atoms with Crippen molar-refractivity contribution in [2.24, 2.45) is 0 Å². The number of aromatic nitrogens is 1. The quantitative estimate of drug-likeness (QED) is 0.260. The SMILES string of the molecule is CC1c2ccccc2N[C@@H]1C.CC1c2ccccc2N[C@@H]1C.Cc1[nH]c2ccccc2c1C. The lowest BCUT2D eigenvalue weighted by Crippen LogP contribution is -2.12. The van der Waals surface area contributed by atoms with Crippen LogP contribution in [-0.4, -0.2) is 17.1 Å². The van der Waals surface area contributed by atoms with Gasteiger partial charge in [0.15, 0.2) is 0 Å². The van der Waals surface area contributed by atoms with Gasteiger partial charge in [-0.3, -0.25) is 0 Å². The molecular formula is C30H37N3. The molecule has 172 valence electrons. The number of nitrogens with one attached hydrogen (secondary N) is 3. The summed E-state index contributed by atoms with van der Waals surface area (Å²) in [7, 11) is 0. The molecule has 1 aromatic heterocycles. The van der Waals surface area contributed by atoms with Gasteiger partial charge in [0.2, 0.25) is 0 Å². The van der Waals surface area contributed by atoms with Gasteiger partial charge in [-0.1, -0.05) is 68.4 Å². The van der Waals surface area contributed by atoms with Gasteiger partial charge in [-0.05, 0) is 62.6 Å². The summed E-state index contributed by atoms with van der Waals surface area (Å²) in [6, 6.07) is 26.6. The third kappa shape index (κ3) is 4.78. The molecule has 0 saturated carbocycles. The van der Waals surface area contributed by atoms with Crippen molar-refractivity contribution in [2.45, 2.75) is 65.5 Å². The summed E-state index contributed by atoms with van der Waals surface area (Å²) in [6.45, 7) is 13.2. The lowest BCUT2D eigenvalue weighted by Gasteiger charge is -2.08. The first-order valence-corrected chi connectivity index (χ1v) is 12.1. The van der Waals surface area contributed by atoms with Crippen LogP contribution >= 0.6 is 0 Å². The third-order valence-corrected chi connectivity index (χ3v) is 7.38. The molecule has 0 fully saturated rings. The molecule has 2 unspecified atom stereocenters. The van der Waals surface area contributed by atoms with E-state index in [9.17, 15) is 0 Å². The van der Waals surface area contributed by atoms with E-state index in [4.69, 9.17) is 0 Å². The average Bonchev–Trinajstić information content (AvgIpc) is 3.40. The number of fused-ring (bicyclic) bond motifs is 3. The predicted octanol–water partition coefficient (Wildman–Crippen LogP) is 7.99. The van der Waals surface area contributed by atoms with Crippen molar-refractivity contribution in [1.29, 1.82) is 0 Å². The van der Waals surface area contributed by atoms with Crippen molar-refractivity contribution in [3.05, 3.63) is 95.2 Å². The maximum atomic E-state index is 3.45. The second-order valence-electron chi connectivity index (χ2n) is 9.54. The zero-order valence-electron chi connectivity index (χ0n) is 20.7. The van der Waals surface area contributed by atoms with Crippen LogP contribution in [0.3, 0.4) is 0 Å². The fourth-order valence-electron chi connectivity index (χ4n) is 4.75. The fraction of sp³-hybridized carbons (Fsp3) is 0.333. The third-order valence-electron chi connectivity index (χ3n) is 7.38. The van der Waals surface area contributed by atoms with Crippen molar-refractivity contribution >= 4 is 22.3 Å². The van der Waals surface area contributed by atoms with Crippen molar-refractivity contribution in [1.82, 2.24) is 4.98 Å². The number of rotatable bonds is 0. The molecule has 0 radical (unpaired) electrons. The van der Waals surface area contributed by atoms with E-state index in [1.807, 2.05) is 0 Å². The number of benzene rings is 3. The van der Waals surface area contributed by atoms with E-state index in [0.717, 1.165) is 0 Å². The minimum Gasteiger partial charge on any atom is -0.382 e. The molecule has 4 atom stereocenters. The van der Waals surface area contributed by atoms with Gasteiger partial charge in [-0.15, -0.1) is 0 Å². The van der Waals surface area contributed by atoms with E-state index in [1.54, 1.807) is 0 Å². The van der Waals surface area contributed by atoms with Gasteiger partial charge in [-0.25, -0.2) is 0 Å². The summed E-state index contributed by atoms with van der Waals surface area (Å²) in [5.74, 6) is 1.32. The van der Waals surface area contributed by atoms with Crippen LogP contribution in [0, 0.1) is 13.8 Å². The molecule has 0 spiro atoms. The van der Waals surface area contributed by atoms with Crippen molar-refractivity contribution < 1.29 is 0 Å². The Bertz CT molecular complexity index is 1160. The Morgan fingerprint density at radius 1 is 0.576 bits per heavy atom. The maximum absolute atomic E-state index is 3.45. The highest BCUT2D eigenvalue weighted by Gasteiger charge is 2.24. The summed E-state index contributed by atoms with van der Waals surface area (Å²) in [6.07, 6.45) is 0. The largest absolute Gasteiger partial charge is 0.382 e.